The van der Waals surface area contributed by atoms with E-state index in [1.54, 1.807) is 19.1 Å². The summed E-state index contributed by atoms with van der Waals surface area (Å²) >= 11 is 0. The molecule has 7 nitrogen and oxygen atoms in total. The van der Waals surface area contributed by atoms with Crippen LogP contribution in [0.1, 0.15) is 58.6 Å². The van der Waals surface area contributed by atoms with E-state index in [0.29, 0.717) is 12.3 Å². The van der Waals surface area contributed by atoms with Crippen molar-refractivity contribution in [3.63, 3.8) is 0 Å². The third-order valence-electron chi connectivity index (χ3n) is 6.93. The molecular formula is C25H41N3O4. The molecule has 180 valence electrons. The highest BCUT2D eigenvalue weighted by Crippen LogP contribution is 2.41. The van der Waals surface area contributed by atoms with Gasteiger partial charge in [-0.05, 0) is 49.1 Å². The lowest BCUT2D eigenvalue weighted by atomic mass is 9.75. The molecule has 3 rings (SSSR count). The maximum absolute atomic E-state index is 13.2. The SMILES string of the molecule is COCO[C@@]1(Cc2cc(NC[C@H]3CC[C@H](C)CC3)ccn2)C(=O)N(COC)[C@H]1CC(C)C. The minimum absolute atomic E-state index is 0.0569. The van der Waals surface area contributed by atoms with Crippen LogP contribution in [0.25, 0.3) is 0 Å². The second kappa shape index (κ2) is 11.4. The summed E-state index contributed by atoms with van der Waals surface area (Å²) in [6, 6.07) is 3.98. The first-order chi connectivity index (χ1) is 15.4. The van der Waals surface area contributed by atoms with Gasteiger partial charge in [0.15, 0.2) is 5.60 Å². The average molecular weight is 448 g/mol. The van der Waals surface area contributed by atoms with E-state index >= 15 is 0 Å². The molecule has 2 atom stereocenters. The van der Waals surface area contributed by atoms with Crippen LogP contribution in [-0.4, -0.2) is 61.7 Å². The van der Waals surface area contributed by atoms with Crippen LogP contribution in [0.2, 0.25) is 0 Å². The molecule has 1 amide bonds. The van der Waals surface area contributed by atoms with Gasteiger partial charge in [0, 0.05) is 44.8 Å². The van der Waals surface area contributed by atoms with E-state index in [9.17, 15) is 4.79 Å². The maximum Gasteiger partial charge on any atom is 0.259 e. The number of hydrogen-bond acceptors (Lipinski definition) is 6. The number of ether oxygens (including phenoxy) is 3. The number of rotatable bonds is 12. The van der Waals surface area contributed by atoms with Crippen molar-refractivity contribution in [1.82, 2.24) is 9.88 Å². The molecule has 2 heterocycles. The Kier molecular flexibility index (Phi) is 8.91. The lowest BCUT2D eigenvalue weighted by molar-refractivity contribution is -0.235. The Balaban J connectivity index is 1.72. The summed E-state index contributed by atoms with van der Waals surface area (Å²) in [5.41, 5.74) is 0.934. The van der Waals surface area contributed by atoms with Crippen LogP contribution in [0.4, 0.5) is 5.69 Å². The van der Waals surface area contributed by atoms with Crippen molar-refractivity contribution in [3.8, 4) is 0 Å². The van der Waals surface area contributed by atoms with Crippen LogP contribution >= 0.6 is 0 Å². The number of β-lactam (4-membered cyclic amide) rings is 1. The van der Waals surface area contributed by atoms with Crippen LogP contribution in [-0.2, 0) is 25.4 Å². The van der Waals surface area contributed by atoms with Crippen molar-refractivity contribution in [2.24, 2.45) is 17.8 Å². The molecule has 2 fully saturated rings. The van der Waals surface area contributed by atoms with E-state index in [-0.39, 0.29) is 25.5 Å². The quantitative estimate of drug-likeness (QED) is 0.384. The van der Waals surface area contributed by atoms with Crippen molar-refractivity contribution in [3.05, 3.63) is 24.0 Å². The molecule has 1 N–H and O–H groups in total. The first kappa shape index (κ1) is 24.9. The van der Waals surface area contributed by atoms with E-state index in [2.05, 4.69) is 37.1 Å². The summed E-state index contributed by atoms with van der Waals surface area (Å²) in [4.78, 5) is 19.6. The molecule has 32 heavy (non-hydrogen) atoms. The molecule has 1 saturated heterocycles. The molecular weight excluding hydrogens is 406 g/mol. The Morgan fingerprint density at radius 3 is 2.62 bits per heavy atom. The largest absolute Gasteiger partial charge is 0.385 e. The van der Waals surface area contributed by atoms with E-state index < -0.39 is 5.60 Å². The Morgan fingerprint density at radius 1 is 1.22 bits per heavy atom. The number of amides is 1. The molecule has 1 aliphatic carbocycles. The van der Waals surface area contributed by atoms with Gasteiger partial charge in [-0.1, -0.05) is 33.6 Å². The number of anilines is 1. The number of nitrogens with one attached hydrogen (secondary N) is 1. The number of hydrogen-bond donors (Lipinski definition) is 1. The molecule has 2 aliphatic rings. The standard InChI is InChI=1S/C25H41N3O4/c1-18(2)12-23-25(32-17-31-5,24(29)28(23)16-30-4)14-22-13-21(10-11-26-22)27-15-20-8-6-19(3)7-9-20/h10-11,13,18-20,23H,6-9,12,14-17H2,1-5H3,(H,26,27)/t19-,20-,23-,25+/m0/s1. The summed E-state index contributed by atoms with van der Waals surface area (Å²) in [6.07, 6.45) is 8.30. The summed E-state index contributed by atoms with van der Waals surface area (Å²) in [6.45, 7) is 7.98. The molecule has 0 radical (unpaired) electrons. The number of methoxy groups -OCH3 is 2. The molecule has 1 aromatic heterocycles. The summed E-state index contributed by atoms with van der Waals surface area (Å²) in [7, 11) is 3.19. The minimum atomic E-state index is -0.968. The number of carbonyl (C=O) groups excluding carboxylic acids is 1. The first-order valence-electron chi connectivity index (χ1n) is 12.0. The van der Waals surface area contributed by atoms with Gasteiger partial charge in [-0.15, -0.1) is 0 Å². The van der Waals surface area contributed by atoms with Gasteiger partial charge >= 0.3 is 0 Å². The van der Waals surface area contributed by atoms with E-state index in [1.807, 2.05) is 12.3 Å². The van der Waals surface area contributed by atoms with Gasteiger partial charge < -0.3 is 24.4 Å². The van der Waals surface area contributed by atoms with Gasteiger partial charge in [-0.2, -0.15) is 0 Å². The second-order valence-electron chi connectivity index (χ2n) is 10.00. The van der Waals surface area contributed by atoms with E-state index in [1.165, 1.54) is 25.7 Å². The van der Waals surface area contributed by atoms with Crippen LogP contribution in [0.3, 0.4) is 0 Å². The third kappa shape index (κ3) is 5.80. The van der Waals surface area contributed by atoms with Gasteiger partial charge in [-0.3, -0.25) is 9.78 Å². The lowest BCUT2D eigenvalue weighted by Gasteiger charge is -2.55. The van der Waals surface area contributed by atoms with Crippen LogP contribution < -0.4 is 5.32 Å². The Bertz CT molecular complexity index is 736. The minimum Gasteiger partial charge on any atom is -0.385 e. The van der Waals surface area contributed by atoms with Crippen LogP contribution in [0.5, 0.6) is 0 Å². The highest BCUT2D eigenvalue weighted by molar-refractivity contribution is 5.93. The number of carbonyl (C=O) groups is 1. The highest BCUT2D eigenvalue weighted by atomic mass is 16.7. The zero-order valence-electron chi connectivity index (χ0n) is 20.4. The first-order valence-corrected chi connectivity index (χ1v) is 12.0. The fourth-order valence-electron chi connectivity index (χ4n) is 5.08. The zero-order valence-corrected chi connectivity index (χ0v) is 20.4. The Labute approximate surface area is 193 Å². The van der Waals surface area contributed by atoms with Gasteiger partial charge in [0.25, 0.3) is 5.91 Å². The molecule has 1 aromatic rings. The normalized spacial score (nSPS) is 28.1. The van der Waals surface area contributed by atoms with Crippen LogP contribution in [0.15, 0.2) is 18.3 Å². The summed E-state index contributed by atoms with van der Waals surface area (Å²) in [5, 5.41) is 3.60. The topological polar surface area (TPSA) is 72.9 Å². The predicted molar refractivity (Wildman–Crippen MR) is 125 cm³/mol. The number of aromatic nitrogens is 1. The van der Waals surface area contributed by atoms with E-state index in [4.69, 9.17) is 14.2 Å². The van der Waals surface area contributed by atoms with E-state index in [0.717, 1.165) is 36.2 Å². The Morgan fingerprint density at radius 2 is 1.97 bits per heavy atom. The fourth-order valence-corrected chi connectivity index (χ4v) is 5.08. The lowest BCUT2D eigenvalue weighted by Crippen LogP contribution is -2.76. The molecule has 0 aromatic carbocycles. The molecule has 0 bridgehead atoms. The van der Waals surface area contributed by atoms with Gasteiger partial charge in [0.1, 0.15) is 13.5 Å². The van der Waals surface area contributed by atoms with Gasteiger partial charge in [0.05, 0.1) is 6.04 Å². The molecule has 1 aliphatic heterocycles. The average Bonchev–Trinajstić information content (AvgIpc) is 2.78. The Hall–Kier alpha value is -1.70. The monoisotopic (exact) mass is 447 g/mol. The zero-order chi connectivity index (χ0) is 23.1. The number of likely N-dealkylation sites (tertiary alicyclic amines) is 1. The fraction of sp³-hybridized carbons (Fsp3) is 0.760. The number of nitrogens with zero attached hydrogens (tertiary/aromatic N) is 2. The molecule has 7 heteroatoms. The highest BCUT2D eigenvalue weighted by Gasteiger charge is 2.61. The van der Waals surface area contributed by atoms with Crippen molar-refractivity contribution < 1.29 is 19.0 Å². The summed E-state index contributed by atoms with van der Waals surface area (Å²) in [5.74, 6) is 1.94. The van der Waals surface area contributed by atoms with Crippen LogP contribution in [0, 0.1) is 17.8 Å². The predicted octanol–water partition coefficient (Wildman–Crippen LogP) is 4.08. The van der Waals surface area contributed by atoms with Gasteiger partial charge in [0.2, 0.25) is 0 Å². The van der Waals surface area contributed by atoms with Crippen molar-refractivity contribution >= 4 is 11.6 Å². The third-order valence-corrected chi connectivity index (χ3v) is 6.93. The summed E-state index contributed by atoms with van der Waals surface area (Å²) < 4.78 is 16.6. The molecule has 0 unspecified atom stereocenters. The van der Waals surface area contributed by atoms with Gasteiger partial charge in [-0.25, -0.2) is 0 Å². The smallest absolute Gasteiger partial charge is 0.259 e. The van der Waals surface area contributed by atoms with Crippen molar-refractivity contribution in [2.45, 2.75) is 70.9 Å². The van der Waals surface area contributed by atoms with Crippen molar-refractivity contribution in [2.75, 3.05) is 39.6 Å². The molecule has 0 spiro atoms. The maximum atomic E-state index is 13.2. The van der Waals surface area contributed by atoms with Crippen molar-refractivity contribution in [1.29, 1.82) is 0 Å². The number of pyridine rings is 1. The molecule has 1 saturated carbocycles. The second-order valence-corrected chi connectivity index (χ2v) is 10.00.